The van der Waals surface area contributed by atoms with Crippen molar-refractivity contribution in [1.29, 1.82) is 0 Å². The molecule has 1 N–H and O–H groups in total. The van der Waals surface area contributed by atoms with Gasteiger partial charge in [-0.15, -0.1) is 11.3 Å². The van der Waals surface area contributed by atoms with Gasteiger partial charge in [-0.3, -0.25) is 4.79 Å². The number of ether oxygens (including phenoxy) is 1. The Hall–Kier alpha value is -2.38. The van der Waals surface area contributed by atoms with Crippen molar-refractivity contribution in [3.05, 3.63) is 58.1 Å². The van der Waals surface area contributed by atoms with E-state index < -0.39 is 24.3 Å². The first-order valence-corrected chi connectivity index (χ1v) is 8.08. The molecule has 0 radical (unpaired) electrons. The fraction of sp³-hybridized carbons (Fsp3) is 0.125. The highest BCUT2D eigenvalue weighted by Crippen LogP contribution is 2.36. The molecule has 0 saturated heterocycles. The molecule has 124 valence electrons. The molecule has 0 atom stereocenters. The Balaban J connectivity index is 1.60. The molecule has 3 rings (SSSR count). The number of fused-ring (bicyclic) bond motifs is 1. The number of benzene rings is 1. The fourth-order valence-corrected chi connectivity index (χ4v) is 3.44. The van der Waals surface area contributed by atoms with Gasteiger partial charge in [0.1, 0.15) is 16.5 Å². The average Bonchev–Trinajstić information content (AvgIpc) is 3.18. The van der Waals surface area contributed by atoms with Gasteiger partial charge in [0.2, 0.25) is 0 Å². The number of thiophene rings is 1. The topological polar surface area (TPSA) is 68.5 Å². The van der Waals surface area contributed by atoms with Crippen molar-refractivity contribution in [3.63, 3.8) is 0 Å². The minimum Gasteiger partial charge on any atom is -0.467 e. The summed E-state index contributed by atoms with van der Waals surface area (Å²) < 4.78 is 23.8. The van der Waals surface area contributed by atoms with Crippen LogP contribution in [0.3, 0.4) is 0 Å². The van der Waals surface area contributed by atoms with E-state index in [4.69, 9.17) is 20.8 Å². The van der Waals surface area contributed by atoms with Gasteiger partial charge in [-0.1, -0.05) is 11.6 Å². The maximum atomic E-state index is 13.2. The van der Waals surface area contributed by atoms with E-state index >= 15 is 0 Å². The molecule has 0 aliphatic rings. The number of halogens is 2. The molecular formula is C16H11ClFNO4S. The number of furan rings is 1. The molecular weight excluding hydrogens is 357 g/mol. The van der Waals surface area contributed by atoms with Crippen molar-refractivity contribution in [2.45, 2.75) is 6.54 Å². The molecule has 3 aromatic rings. The molecule has 0 spiro atoms. The summed E-state index contributed by atoms with van der Waals surface area (Å²) in [6.07, 6.45) is 1.49. The molecule has 0 fully saturated rings. The van der Waals surface area contributed by atoms with Gasteiger partial charge < -0.3 is 14.5 Å². The predicted molar refractivity (Wildman–Crippen MR) is 87.6 cm³/mol. The van der Waals surface area contributed by atoms with Crippen LogP contribution < -0.4 is 5.32 Å². The summed E-state index contributed by atoms with van der Waals surface area (Å²) in [5, 5.41) is 3.31. The minimum absolute atomic E-state index is 0.135. The van der Waals surface area contributed by atoms with Gasteiger partial charge in [-0.2, -0.15) is 0 Å². The Morgan fingerprint density at radius 1 is 1.33 bits per heavy atom. The van der Waals surface area contributed by atoms with Crippen LogP contribution in [0, 0.1) is 5.82 Å². The molecule has 1 aromatic carbocycles. The lowest BCUT2D eigenvalue weighted by atomic mass is 10.2. The average molecular weight is 368 g/mol. The summed E-state index contributed by atoms with van der Waals surface area (Å²) in [6.45, 7) is -0.245. The molecule has 0 aliphatic carbocycles. The first kappa shape index (κ1) is 16.5. The number of rotatable bonds is 5. The number of carbonyl (C=O) groups excluding carboxylic acids is 2. The van der Waals surface area contributed by atoms with E-state index in [2.05, 4.69) is 5.32 Å². The zero-order chi connectivity index (χ0) is 17.1. The number of nitrogens with one attached hydrogen (secondary N) is 1. The largest absolute Gasteiger partial charge is 0.467 e. The van der Waals surface area contributed by atoms with Gasteiger partial charge in [0, 0.05) is 10.1 Å². The van der Waals surface area contributed by atoms with E-state index in [-0.39, 0.29) is 16.4 Å². The van der Waals surface area contributed by atoms with E-state index in [1.165, 1.54) is 24.5 Å². The Morgan fingerprint density at radius 2 is 2.17 bits per heavy atom. The lowest BCUT2D eigenvalue weighted by Gasteiger charge is -2.04. The zero-order valence-corrected chi connectivity index (χ0v) is 13.7. The highest BCUT2D eigenvalue weighted by molar-refractivity contribution is 7.21. The molecule has 0 bridgehead atoms. The fourth-order valence-electron chi connectivity index (χ4n) is 2.02. The van der Waals surface area contributed by atoms with Crippen LogP contribution in [0.1, 0.15) is 15.4 Å². The van der Waals surface area contributed by atoms with Crippen molar-refractivity contribution < 1.29 is 23.1 Å². The van der Waals surface area contributed by atoms with Gasteiger partial charge in [-0.05, 0) is 30.3 Å². The van der Waals surface area contributed by atoms with Crippen molar-refractivity contribution in [3.8, 4) is 0 Å². The third-order valence-electron chi connectivity index (χ3n) is 3.15. The number of esters is 1. The molecule has 0 aliphatic heterocycles. The van der Waals surface area contributed by atoms with Crippen LogP contribution in [0.25, 0.3) is 10.1 Å². The lowest BCUT2D eigenvalue weighted by molar-refractivity contribution is -0.124. The molecule has 2 heterocycles. The van der Waals surface area contributed by atoms with Crippen LogP contribution in [0.5, 0.6) is 0 Å². The quantitative estimate of drug-likeness (QED) is 0.697. The summed E-state index contributed by atoms with van der Waals surface area (Å²) in [4.78, 5) is 23.9. The van der Waals surface area contributed by atoms with E-state index in [0.29, 0.717) is 15.8 Å². The maximum Gasteiger partial charge on any atom is 0.350 e. The molecule has 8 heteroatoms. The van der Waals surface area contributed by atoms with Gasteiger partial charge >= 0.3 is 5.97 Å². The summed E-state index contributed by atoms with van der Waals surface area (Å²) in [7, 11) is 0. The van der Waals surface area contributed by atoms with Crippen LogP contribution in [0.15, 0.2) is 41.0 Å². The second kappa shape index (κ2) is 7.02. The summed E-state index contributed by atoms with van der Waals surface area (Å²) in [6, 6.07) is 7.46. The second-order valence-electron chi connectivity index (χ2n) is 4.82. The van der Waals surface area contributed by atoms with Crippen molar-refractivity contribution >= 4 is 44.9 Å². The van der Waals surface area contributed by atoms with Gasteiger partial charge in [-0.25, -0.2) is 9.18 Å². The highest BCUT2D eigenvalue weighted by Gasteiger charge is 2.19. The minimum atomic E-state index is -0.727. The standard InChI is InChI=1S/C16H11ClFNO4S/c17-14-11-4-3-9(18)6-12(11)24-15(14)16(21)23-8-13(20)19-7-10-2-1-5-22-10/h1-6H,7-8H2,(H,19,20). The van der Waals surface area contributed by atoms with E-state index in [1.54, 1.807) is 12.1 Å². The summed E-state index contributed by atoms with van der Waals surface area (Å²) in [5.74, 6) is -1.03. The van der Waals surface area contributed by atoms with Crippen molar-refractivity contribution in [1.82, 2.24) is 5.32 Å². The zero-order valence-electron chi connectivity index (χ0n) is 12.2. The maximum absolute atomic E-state index is 13.2. The van der Waals surface area contributed by atoms with Crippen molar-refractivity contribution in [2.24, 2.45) is 0 Å². The van der Waals surface area contributed by atoms with Crippen LogP contribution in [0.4, 0.5) is 4.39 Å². The van der Waals surface area contributed by atoms with E-state index in [0.717, 1.165) is 11.3 Å². The highest BCUT2D eigenvalue weighted by atomic mass is 35.5. The normalized spacial score (nSPS) is 10.8. The third-order valence-corrected chi connectivity index (χ3v) is 4.79. The molecule has 2 aromatic heterocycles. The Kier molecular flexibility index (Phi) is 4.82. The monoisotopic (exact) mass is 367 g/mol. The Morgan fingerprint density at radius 3 is 2.92 bits per heavy atom. The summed E-state index contributed by atoms with van der Waals surface area (Å²) >= 11 is 7.14. The van der Waals surface area contributed by atoms with Crippen molar-refractivity contribution in [2.75, 3.05) is 6.61 Å². The van der Waals surface area contributed by atoms with Gasteiger partial charge in [0.05, 0.1) is 17.8 Å². The SMILES string of the molecule is O=C(COC(=O)c1sc2cc(F)ccc2c1Cl)NCc1ccco1. The van der Waals surface area contributed by atoms with E-state index in [1.807, 2.05) is 0 Å². The number of hydrogen-bond donors (Lipinski definition) is 1. The Labute approximate surface area is 145 Å². The lowest BCUT2D eigenvalue weighted by Crippen LogP contribution is -2.28. The molecule has 5 nitrogen and oxygen atoms in total. The number of amides is 1. The second-order valence-corrected chi connectivity index (χ2v) is 6.25. The van der Waals surface area contributed by atoms with Crippen LogP contribution in [-0.2, 0) is 16.1 Å². The molecule has 0 unspecified atom stereocenters. The van der Waals surface area contributed by atoms with Gasteiger partial charge in [0.25, 0.3) is 5.91 Å². The number of carbonyl (C=O) groups is 2. The third kappa shape index (κ3) is 3.58. The smallest absolute Gasteiger partial charge is 0.350 e. The molecule has 24 heavy (non-hydrogen) atoms. The molecule has 1 amide bonds. The van der Waals surface area contributed by atoms with Crippen LogP contribution in [0.2, 0.25) is 5.02 Å². The number of hydrogen-bond acceptors (Lipinski definition) is 5. The van der Waals surface area contributed by atoms with E-state index in [9.17, 15) is 14.0 Å². The first-order valence-electron chi connectivity index (χ1n) is 6.88. The van der Waals surface area contributed by atoms with Crippen LogP contribution in [-0.4, -0.2) is 18.5 Å². The summed E-state index contributed by atoms with van der Waals surface area (Å²) in [5.41, 5.74) is 0. The predicted octanol–water partition coefficient (Wildman–Crippen LogP) is 3.76. The Bertz CT molecular complexity index is 891. The van der Waals surface area contributed by atoms with Gasteiger partial charge in [0.15, 0.2) is 6.61 Å². The first-order chi connectivity index (χ1) is 11.5. The van der Waals surface area contributed by atoms with Crippen LogP contribution >= 0.6 is 22.9 Å². The molecule has 0 saturated carbocycles.